The van der Waals surface area contributed by atoms with E-state index in [4.69, 9.17) is 0 Å². The van der Waals surface area contributed by atoms with E-state index in [2.05, 4.69) is 5.32 Å². The summed E-state index contributed by atoms with van der Waals surface area (Å²) in [5.74, 6) is -3.77. The fourth-order valence-corrected chi connectivity index (χ4v) is 4.24. The van der Waals surface area contributed by atoms with E-state index in [0.29, 0.717) is 25.1 Å². The number of nitrogens with one attached hydrogen (secondary N) is 1. The molecule has 2 aliphatic rings. The third-order valence-corrected chi connectivity index (χ3v) is 5.81. The number of benzene rings is 2. The van der Waals surface area contributed by atoms with E-state index in [0.717, 1.165) is 18.2 Å². The van der Waals surface area contributed by atoms with Gasteiger partial charge in [0.2, 0.25) is 17.7 Å². The molecule has 162 valence electrons. The number of anilines is 2. The number of halogens is 2. The van der Waals surface area contributed by atoms with Crippen LogP contribution in [-0.2, 0) is 14.4 Å². The number of hydrogen-bond donors (Lipinski definition) is 1. The number of para-hydroxylation sites is 1. The van der Waals surface area contributed by atoms with E-state index in [1.54, 1.807) is 17.0 Å². The van der Waals surface area contributed by atoms with Gasteiger partial charge >= 0.3 is 0 Å². The quantitative estimate of drug-likeness (QED) is 0.762. The highest BCUT2D eigenvalue weighted by atomic mass is 19.1. The minimum atomic E-state index is -0.901. The van der Waals surface area contributed by atoms with E-state index in [1.807, 2.05) is 18.2 Å². The van der Waals surface area contributed by atoms with Gasteiger partial charge in [-0.05, 0) is 43.5 Å². The Labute approximate surface area is 178 Å². The van der Waals surface area contributed by atoms with Gasteiger partial charge < -0.3 is 15.1 Å². The molecule has 0 aromatic heterocycles. The Balaban J connectivity index is 1.41. The molecule has 2 saturated heterocycles. The molecule has 2 fully saturated rings. The maximum absolute atomic E-state index is 13.5. The SMILES string of the molecule is O=C(Nc1ccccc1)C1CCCN(C(=O)C2CCN(c3cc(F)cc(F)c3)C2=O)C1. The number of rotatable bonds is 4. The van der Waals surface area contributed by atoms with Crippen LogP contribution in [0.25, 0.3) is 0 Å². The lowest BCUT2D eigenvalue weighted by molar-refractivity contribution is -0.141. The second-order valence-electron chi connectivity index (χ2n) is 7.94. The predicted octanol–water partition coefficient (Wildman–Crippen LogP) is 3.20. The van der Waals surface area contributed by atoms with Gasteiger partial charge in [0.25, 0.3) is 0 Å². The van der Waals surface area contributed by atoms with Crippen LogP contribution in [0, 0.1) is 23.5 Å². The third-order valence-electron chi connectivity index (χ3n) is 5.81. The van der Waals surface area contributed by atoms with E-state index < -0.39 is 23.5 Å². The first-order valence-corrected chi connectivity index (χ1v) is 10.3. The number of likely N-dealkylation sites (tertiary alicyclic amines) is 1. The molecule has 2 atom stereocenters. The highest BCUT2D eigenvalue weighted by molar-refractivity contribution is 6.09. The zero-order valence-corrected chi connectivity index (χ0v) is 16.9. The lowest BCUT2D eigenvalue weighted by atomic mass is 9.95. The minimum absolute atomic E-state index is 0.108. The molecular weight excluding hydrogens is 404 g/mol. The first-order valence-electron chi connectivity index (χ1n) is 10.3. The van der Waals surface area contributed by atoms with Crippen molar-refractivity contribution in [1.82, 2.24) is 4.90 Å². The normalized spacial score (nSPS) is 21.3. The van der Waals surface area contributed by atoms with Gasteiger partial charge in [-0.25, -0.2) is 8.78 Å². The Morgan fingerprint density at radius 3 is 2.39 bits per heavy atom. The van der Waals surface area contributed by atoms with Crippen molar-refractivity contribution in [3.05, 3.63) is 60.2 Å². The van der Waals surface area contributed by atoms with Gasteiger partial charge in [0.05, 0.1) is 5.92 Å². The summed E-state index contributed by atoms with van der Waals surface area (Å²) in [5, 5.41) is 2.87. The van der Waals surface area contributed by atoms with Crippen LogP contribution in [0.1, 0.15) is 19.3 Å². The van der Waals surface area contributed by atoms with Crippen LogP contribution < -0.4 is 10.2 Å². The number of nitrogens with zero attached hydrogens (tertiary/aromatic N) is 2. The molecule has 0 bridgehead atoms. The van der Waals surface area contributed by atoms with Crippen molar-refractivity contribution >= 4 is 29.1 Å². The Morgan fingerprint density at radius 2 is 1.68 bits per heavy atom. The molecule has 4 rings (SSSR count). The topological polar surface area (TPSA) is 69.7 Å². The smallest absolute Gasteiger partial charge is 0.239 e. The van der Waals surface area contributed by atoms with Crippen LogP contribution >= 0.6 is 0 Å². The largest absolute Gasteiger partial charge is 0.341 e. The maximum atomic E-state index is 13.5. The summed E-state index contributed by atoms with van der Waals surface area (Å²) in [5.41, 5.74) is 0.802. The van der Waals surface area contributed by atoms with Crippen molar-refractivity contribution < 1.29 is 23.2 Å². The van der Waals surface area contributed by atoms with Gasteiger partial charge in [-0.1, -0.05) is 18.2 Å². The molecule has 0 radical (unpaired) electrons. The molecule has 0 spiro atoms. The lowest BCUT2D eigenvalue weighted by Crippen LogP contribution is -2.47. The van der Waals surface area contributed by atoms with Crippen molar-refractivity contribution in [2.45, 2.75) is 19.3 Å². The molecule has 2 heterocycles. The van der Waals surface area contributed by atoms with Crippen molar-refractivity contribution in [2.24, 2.45) is 11.8 Å². The van der Waals surface area contributed by atoms with Crippen LogP contribution in [-0.4, -0.2) is 42.3 Å². The van der Waals surface area contributed by atoms with Gasteiger partial charge in [-0.3, -0.25) is 14.4 Å². The van der Waals surface area contributed by atoms with Crippen molar-refractivity contribution in [3.63, 3.8) is 0 Å². The summed E-state index contributed by atoms with van der Waals surface area (Å²) in [4.78, 5) is 41.3. The molecule has 8 heteroatoms. The average Bonchev–Trinajstić information content (AvgIpc) is 3.14. The Bertz CT molecular complexity index is 979. The molecule has 31 heavy (non-hydrogen) atoms. The highest BCUT2D eigenvalue weighted by Gasteiger charge is 2.41. The maximum Gasteiger partial charge on any atom is 0.239 e. The standard InChI is InChI=1S/C23H23F2N3O3/c24-16-11-17(25)13-19(12-16)28-10-8-20(23(28)31)22(30)27-9-4-5-15(14-27)21(29)26-18-6-2-1-3-7-18/h1-3,6-7,11-13,15,20H,4-5,8-10,14H2,(H,26,29). The molecule has 6 nitrogen and oxygen atoms in total. The molecule has 2 aromatic rings. The molecular formula is C23H23F2N3O3. The van der Waals surface area contributed by atoms with Crippen LogP contribution in [0.2, 0.25) is 0 Å². The monoisotopic (exact) mass is 427 g/mol. The van der Waals surface area contributed by atoms with Gasteiger partial charge in [-0.2, -0.15) is 0 Å². The summed E-state index contributed by atoms with van der Waals surface area (Å²) in [6, 6.07) is 12.0. The highest BCUT2D eigenvalue weighted by Crippen LogP contribution is 2.29. The molecule has 0 aliphatic carbocycles. The van der Waals surface area contributed by atoms with Crippen LogP contribution in [0.15, 0.2) is 48.5 Å². The molecule has 1 N–H and O–H groups in total. The van der Waals surface area contributed by atoms with E-state index in [9.17, 15) is 23.2 Å². The Morgan fingerprint density at radius 1 is 0.968 bits per heavy atom. The lowest BCUT2D eigenvalue weighted by Gasteiger charge is -2.33. The summed E-state index contributed by atoms with van der Waals surface area (Å²) >= 11 is 0. The van der Waals surface area contributed by atoms with Crippen molar-refractivity contribution in [1.29, 1.82) is 0 Å². The van der Waals surface area contributed by atoms with E-state index in [1.165, 1.54) is 4.90 Å². The summed E-state index contributed by atoms with van der Waals surface area (Å²) < 4.78 is 27.1. The first-order chi connectivity index (χ1) is 14.9. The molecule has 2 aliphatic heterocycles. The predicted molar refractivity (Wildman–Crippen MR) is 111 cm³/mol. The zero-order chi connectivity index (χ0) is 22.0. The summed E-state index contributed by atoms with van der Waals surface area (Å²) in [7, 11) is 0. The molecule has 2 aromatic carbocycles. The van der Waals surface area contributed by atoms with Crippen LogP contribution in [0.5, 0.6) is 0 Å². The number of carbonyl (C=O) groups excluding carboxylic acids is 3. The van der Waals surface area contributed by atoms with Gasteiger partial charge in [-0.15, -0.1) is 0 Å². The Kier molecular flexibility index (Phi) is 5.97. The fourth-order valence-electron chi connectivity index (χ4n) is 4.24. The number of carbonyl (C=O) groups is 3. The number of piperidine rings is 1. The first kappa shape index (κ1) is 21.0. The second kappa shape index (κ2) is 8.83. The average molecular weight is 427 g/mol. The minimum Gasteiger partial charge on any atom is -0.341 e. The number of amides is 3. The number of hydrogen-bond acceptors (Lipinski definition) is 3. The van der Waals surface area contributed by atoms with Gasteiger partial charge in [0.15, 0.2) is 0 Å². The van der Waals surface area contributed by atoms with Gasteiger partial charge in [0.1, 0.15) is 17.6 Å². The van der Waals surface area contributed by atoms with E-state index in [-0.39, 0.29) is 42.9 Å². The molecule has 0 saturated carbocycles. The van der Waals surface area contributed by atoms with Crippen LogP contribution in [0.3, 0.4) is 0 Å². The third kappa shape index (κ3) is 4.57. The zero-order valence-electron chi connectivity index (χ0n) is 16.9. The Hall–Kier alpha value is -3.29. The molecule has 3 amide bonds. The fraction of sp³-hybridized carbons (Fsp3) is 0.348. The van der Waals surface area contributed by atoms with Gasteiger partial charge in [0, 0.05) is 37.1 Å². The van der Waals surface area contributed by atoms with Crippen molar-refractivity contribution in [3.8, 4) is 0 Å². The van der Waals surface area contributed by atoms with E-state index >= 15 is 0 Å². The molecule has 2 unspecified atom stereocenters. The van der Waals surface area contributed by atoms with Crippen LogP contribution in [0.4, 0.5) is 20.2 Å². The van der Waals surface area contributed by atoms with Crippen molar-refractivity contribution in [2.75, 3.05) is 29.9 Å². The second-order valence-corrected chi connectivity index (χ2v) is 7.94. The summed E-state index contributed by atoms with van der Waals surface area (Å²) in [6.07, 6.45) is 1.60. The summed E-state index contributed by atoms with van der Waals surface area (Å²) in [6.45, 7) is 0.937.